The van der Waals surface area contributed by atoms with Crippen molar-refractivity contribution >= 4 is 27.7 Å². The Labute approximate surface area is 130 Å². The van der Waals surface area contributed by atoms with Crippen LogP contribution in [0.1, 0.15) is 26.3 Å². The number of nitriles is 1. The van der Waals surface area contributed by atoms with Gasteiger partial charge in [0.25, 0.3) is 0 Å². The molecule has 4 nitrogen and oxygen atoms in total. The topological polar surface area (TPSA) is 67.2 Å². The van der Waals surface area contributed by atoms with Gasteiger partial charge in [0.05, 0.1) is 17.2 Å². The van der Waals surface area contributed by atoms with Crippen LogP contribution in [0.3, 0.4) is 0 Å². The molecular weight excluding hydrogens is 334 g/mol. The molecular formula is C16H10BrNO3. The van der Waals surface area contributed by atoms with Gasteiger partial charge in [-0.3, -0.25) is 4.79 Å². The summed E-state index contributed by atoms with van der Waals surface area (Å²) < 4.78 is 5.83. The zero-order chi connectivity index (χ0) is 15.2. The molecule has 2 aromatic rings. The van der Waals surface area contributed by atoms with Gasteiger partial charge in [-0.2, -0.15) is 5.26 Å². The summed E-state index contributed by atoms with van der Waals surface area (Å²) in [4.78, 5) is 23.6. The molecule has 2 aromatic carbocycles. The number of benzene rings is 2. The second-order valence-electron chi connectivity index (χ2n) is 4.20. The van der Waals surface area contributed by atoms with E-state index in [0.717, 1.165) is 4.47 Å². The maximum Gasteiger partial charge on any atom is 0.338 e. The van der Waals surface area contributed by atoms with Crippen molar-refractivity contribution in [2.75, 3.05) is 6.61 Å². The maximum absolute atomic E-state index is 11.9. The van der Waals surface area contributed by atoms with Gasteiger partial charge in [-0.15, -0.1) is 0 Å². The number of Topliss-reactive ketones (excluding diaryl/α,β-unsaturated/α-hetero) is 1. The molecule has 5 heteroatoms. The van der Waals surface area contributed by atoms with E-state index in [0.29, 0.717) is 16.7 Å². The molecule has 0 unspecified atom stereocenters. The quantitative estimate of drug-likeness (QED) is 0.630. The molecule has 0 atom stereocenters. The highest BCUT2D eigenvalue weighted by Crippen LogP contribution is 2.11. The monoisotopic (exact) mass is 343 g/mol. The highest BCUT2D eigenvalue weighted by Gasteiger charge is 2.11. The number of halogens is 1. The van der Waals surface area contributed by atoms with E-state index < -0.39 is 5.97 Å². The van der Waals surface area contributed by atoms with Crippen molar-refractivity contribution in [2.24, 2.45) is 0 Å². The average molecular weight is 344 g/mol. The molecule has 0 amide bonds. The Balaban J connectivity index is 1.95. The summed E-state index contributed by atoms with van der Waals surface area (Å²) in [6.07, 6.45) is 0. The maximum atomic E-state index is 11.9. The number of hydrogen-bond acceptors (Lipinski definition) is 4. The van der Waals surface area contributed by atoms with Crippen molar-refractivity contribution in [3.05, 3.63) is 69.7 Å². The van der Waals surface area contributed by atoms with Crippen molar-refractivity contribution in [1.29, 1.82) is 5.26 Å². The fourth-order valence-electron chi connectivity index (χ4n) is 1.61. The molecule has 0 aliphatic rings. The molecule has 2 rings (SSSR count). The first kappa shape index (κ1) is 14.9. The Morgan fingerprint density at radius 3 is 2.14 bits per heavy atom. The number of ketones is 1. The zero-order valence-corrected chi connectivity index (χ0v) is 12.5. The van der Waals surface area contributed by atoms with Gasteiger partial charge in [-0.05, 0) is 36.4 Å². The molecule has 0 aliphatic heterocycles. The Kier molecular flexibility index (Phi) is 4.85. The summed E-state index contributed by atoms with van der Waals surface area (Å²) in [5, 5.41) is 8.67. The van der Waals surface area contributed by atoms with E-state index in [-0.39, 0.29) is 12.4 Å². The smallest absolute Gasteiger partial charge is 0.338 e. The number of nitrogens with zero attached hydrogens (tertiary/aromatic N) is 1. The normalized spacial score (nSPS) is 9.71. The van der Waals surface area contributed by atoms with Crippen LogP contribution in [-0.4, -0.2) is 18.4 Å². The summed E-state index contributed by atoms with van der Waals surface area (Å²) in [7, 11) is 0. The number of ether oxygens (including phenoxy) is 1. The first-order valence-corrected chi connectivity index (χ1v) is 6.85. The Bertz CT molecular complexity index is 700. The summed E-state index contributed by atoms with van der Waals surface area (Å²) in [6, 6.07) is 14.8. The van der Waals surface area contributed by atoms with Crippen LogP contribution in [-0.2, 0) is 4.74 Å². The average Bonchev–Trinajstić information content (AvgIpc) is 2.53. The fourth-order valence-corrected chi connectivity index (χ4v) is 1.88. The highest BCUT2D eigenvalue weighted by atomic mass is 79.9. The van der Waals surface area contributed by atoms with E-state index in [2.05, 4.69) is 15.9 Å². The molecule has 0 fully saturated rings. The molecule has 0 aromatic heterocycles. The standard InChI is InChI=1S/C16H10BrNO3/c17-14-7-5-12(6-8-14)15(19)10-21-16(20)13-3-1-11(9-18)2-4-13/h1-8H,10H2. The van der Waals surface area contributed by atoms with Gasteiger partial charge in [0.15, 0.2) is 12.4 Å². The van der Waals surface area contributed by atoms with Gasteiger partial charge >= 0.3 is 5.97 Å². The van der Waals surface area contributed by atoms with E-state index in [1.807, 2.05) is 6.07 Å². The van der Waals surface area contributed by atoms with Crippen LogP contribution in [0.2, 0.25) is 0 Å². The van der Waals surface area contributed by atoms with E-state index >= 15 is 0 Å². The molecule has 0 radical (unpaired) electrons. The lowest BCUT2D eigenvalue weighted by atomic mass is 10.1. The predicted octanol–water partition coefficient (Wildman–Crippen LogP) is 3.36. The lowest BCUT2D eigenvalue weighted by Gasteiger charge is -2.04. The summed E-state index contributed by atoms with van der Waals surface area (Å²) in [6.45, 7) is -0.319. The van der Waals surface area contributed by atoms with Crippen LogP contribution in [0, 0.1) is 11.3 Å². The first-order valence-electron chi connectivity index (χ1n) is 6.06. The van der Waals surface area contributed by atoms with Crippen molar-refractivity contribution in [3.63, 3.8) is 0 Å². The molecule has 0 bridgehead atoms. The second kappa shape index (κ2) is 6.82. The van der Waals surface area contributed by atoms with Crippen LogP contribution >= 0.6 is 15.9 Å². The molecule has 0 N–H and O–H groups in total. The second-order valence-corrected chi connectivity index (χ2v) is 5.11. The number of hydrogen-bond donors (Lipinski definition) is 0. The third-order valence-electron chi connectivity index (χ3n) is 2.75. The molecule has 0 spiro atoms. The van der Waals surface area contributed by atoms with Crippen LogP contribution in [0.25, 0.3) is 0 Å². The lowest BCUT2D eigenvalue weighted by molar-refractivity contribution is 0.0475. The predicted molar refractivity (Wildman–Crippen MR) is 79.9 cm³/mol. The van der Waals surface area contributed by atoms with E-state index in [4.69, 9.17) is 10.00 Å². The van der Waals surface area contributed by atoms with Gasteiger partial charge in [0.1, 0.15) is 0 Å². The molecule has 104 valence electrons. The SMILES string of the molecule is N#Cc1ccc(C(=O)OCC(=O)c2ccc(Br)cc2)cc1. The Morgan fingerprint density at radius 1 is 1.00 bits per heavy atom. The van der Waals surface area contributed by atoms with Crippen molar-refractivity contribution in [3.8, 4) is 6.07 Å². The van der Waals surface area contributed by atoms with E-state index in [1.54, 1.807) is 24.3 Å². The number of esters is 1. The third-order valence-corrected chi connectivity index (χ3v) is 3.28. The largest absolute Gasteiger partial charge is 0.454 e. The number of rotatable bonds is 4. The minimum atomic E-state index is -0.593. The van der Waals surface area contributed by atoms with Gasteiger partial charge in [-0.25, -0.2) is 4.79 Å². The summed E-state index contributed by atoms with van der Waals surface area (Å²) in [5.41, 5.74) is 1.24. The van der Waals surface area contributed by atoms with Crippen LogP contribution in [0.4, 0.5) is 0 Å². The third kappa shape index (κ3) is 4.01. The van der Waals surface area contributed by atoms with Crippen molar-refractivity contribution < 1.29 is 14.3 Å². The van der Waals surface area contributed by atoms with E-state index in [9.17, 15) is 9.59 Å². The van der Waals surface area contributed by atoms with Crippen LogP contribution in [0.5, 0.6) is 0 Å². The number of carbonyl (C=O) groups excluding carboxylic acids is 2. The lowest BCUT2D eigenvalue weighted by Crippen LogP contribution is -2.14. The molecule has 21 heavy (non-hydrogen) atoms. The van der Waals surface area contributed by atoms with Crippen LogP contribution in [0.15, 0.2) is 53.0 Å². The molecule has 0 aliphatic carbocycles. The van der Waals surface area contributed by atoms with Gasteiger partial charge < -0.3 is 4.74 Å². The minimum Gasteiger partial charge on any atom is -0.454 e. The van der Waals surface area contributed by atoms with Crippen molar-refractivity contribution in [1.82, 2.24) is 0 Å². The molecule has 0 heterocycles. The minimum absolute atomic E-state index is 0.274. The van der Waals surface area contributed by atoms with Gasteiger partial charge in [-0.1, -0.05) is 28.1 Å². The highest BCUT2D eigenvalue weighted by molar-refractivity contribution is 9.10. The number of carbonyl (C=O) groups is 2. The first-order chi connectivity index (χ1) is 10.1. The Hall–Kier alpha value is -2.45. The van der Waals surface area contributed by atoms with E-state index in [1.165, 1.54) is 24.3 Å². The van der Waals surface area contributed by atoms with Gasteiger partial charge in [0, 0.05) is 10.0 Å². The van der Waals surface area contributed by atoms with Gasteiger partial charge in [0.2, 0.25) is 0 Å². The van der Waals surface area contributed by atoms with Crippen molar-refractivity contribution in [2.45, 2.75) is 0 Å². The summed E-state index contributed by atoms with van der Waals surface area (Å²) in [5.74, 6) is -0.866. The molecule has 0 saturated carbocycles. The fraction of sp³-hybridized carbons (Fsp3) is 0.0625. The summed E-state index contributed by atoms with van der Waals surface area (Å²) >= 11 is 3.28. The zero-order valence-electron chi connectivity index (χ0n) is 10.9. The van der Waals surface area contributed by atoms with Crippen LogP contribution < -0.4 is 0 Å². The molecule has 0 saturated heterocycles. The Morgan fingerprint density at radius 2 is 1.57 bits per heavy atom.